The minimum atomic E-state index is -0.353. The second kappa shape index (κ2) is 10.5. The van der Waals surface area contributed by atoms with Crippen molar-refractivity contribution in [3.8, 4) is 28.7 Å². The molecule has 5 rings (SSSR count). The molecule has 3 aromatic heterocycles. The molecule has 0 spiro atoms. The predicted octanol–water partition coefficient (Wildman–Crippen LogP) is 4.15. The molecule has 4 aromatic rings. The molecule has 10 nitrogen and oxygen atoms in total. The number of carbonyl (C=O) groups excluding carboxylic acids is 2. The number of benzene rings is 1. The van der Waals surface area contributed by atoms with Crippen molar-refractivity contribution in [2.75, 3.05) is 18.4 Å². The van der Waals surface area contributed by atoms with Gasteiger partial charge in [0.2, 0.25) is 17.6 Å². The largest absolute Gasteiger partial charge is 0.342 e. The number of aromatic nitrogens is 4. The van der Waals surface area contributed by atoms with Gasteiger partial charge >= 0.3 is 0 Å². The number of nitrogens with zero attached hydrogens (tertiary/aromatic N) is 6. The average Bonchev–Trinajstić information content (AvgIpc) is 3.60. The number of pyridine rings is 1. The van der Waals surface area contributed by atoms with Gasteiger partial charge in [0.05, 0.1) is 11.6 Å². The number of nitrogens with one attached hydrogen (secondary N) is 1. The molecule has 1 saturated heterocycles. The highest BCUT2D eigenvalue weighted by Crippen LogP contribution is 2.28. The van der Waals surface area contributed by atoms with Gasteiger partial charge < -0.3 is 19.3 Å². The Hall–Kier alpha value is -5.04. The van der Waals surface area contributed by atoms with E-state index < -0.39 is 0 Å². The molecule has 190 valence electrons. The summed E-state index contributed by atoms with van der Waals surface area (Å²) < 4.78 is 7.23. The van der Waals surface area contributed by atoms with Crippen LogP contribution in [0.25, 0.3) is 22.6 Å². The van der Waals surface area contributed by atoms with Crippen LogP contribution in [-0.2, 0) is 11.8 Å². The molecule has 0 bridgehead atoms. The Morgan fingerprint density at radius 2 is 2.00 bits per heavy atom. The normalized spacial score (nSPS) is 15.1. The van der Waals surface area contributed by atoms with Crippen molar-refractivity contribution in [2.24, 2.45) is 7.05 Å². The molecule has 0 aliphatic carbocycles. The number of hydrogen-bond acceptors (Lipinski definition) is 7. The van der Waals surface area contributed by atoms with Gasteiger partial charge in [-0.05, 0) is 61.4 Å². The zero-order valence-corrected chi connectivity index (χ0v) is 20.8. The van der Waals surface area contributed by atoms with Gasteiger partial charge in [0, 0.05) is 43.1 Å². The van der Waals surface area contributed by atoms with Gasteiger partial charge in [0.25, 0.3) is 5.91 Å². The Kier molecular flexibility index (Phi) is 6.82. The van der Waals surface area contributed by atoms with E-state index in [1.807, 2.05) is 0 Å². The SMILES string of the molecule is C=CC(=O)N1CCC[C@H](c2nc(-c3ccc(NC(=O)c4cccc(-c5cc(C#N)n(C)c5)n4)cc3)no2)C1. The highest BCUT2D eigenvalue weighted by molar-refractivity contribution is 6.03. The number of anilines is 1. The van der Waals surface area contributed by atoms with E-state index in [9.17, 15) is 14.9 Å². The van der Waals surface area contributed by atoms with Crippen LogP contribution in [0.3, 0.4) is 0 Å². The molecular weight excluding hydrogens is 482 g/mol. The number of aryl methyl sites for hydroxylation is 1. The Morgan fingerprint density at radius 1 is 1.18 bits per heavy atom. The van der Waals surface area contributed by atoms with Gasteiger partial charge in [-0.25, -0.2) is 4.98 Å². The molecule has 38 heavy (non-hydrogen) atoms. The first-order chi connectivity index (χ1) is 18.4. The van der Waals surface area contributed by atoms with Gasteiger partial charge in [-0.2, -0.15) is 10.2 Å². The van der Waals surface area contributed by atoms with Gasteiger partial charge in [-0.1, -0.05) is 17.8 Å². The molecule has 10 heteroatoms. The molecule has 1 fully saturated rings. The lowest BCUT2D eigenvalue weighted by molar-refractivity contribution is -0.127. The molecule has 2 amide bonds. The Morgan fingerprint density at radius 3 is 2.74 bits per heavy atom. The Balaban J connectivity index is 1.25. The molecular formula is C28H25N7O3. The molecule has 0 unspecified atom stereocenters. The van der Waals surface area contributed by atoms with Gasteiger partial charge in [0.15, 0.2) is 0 Å². The number of amides is 2. The quantitative estimate of drug-likeness (QED) is 0.388. The minimum absolute atomic E-state index is 0.0156. The van der Waals surface area contributed by atoms with Crippen molar-refractivity contribution < 1.29 is 14.1 Å². The lowest BCUT2D eigenvalue weighted by atomic mass is 9.98. The van der Waals surface area contributed by atoms with Crippen LogP contribution < -0.4 is 5.32 Å². The maximum absolute atomic E-state index is 12.9. The fraction of sp³-hybridized carbons (Fsp3) is 0.214. The lowest BCUT2D eigenvalue weighted by Crippen LogP contribution is -2.38. The summed E-state index contributed by atoms with van der Waals surface area (Å²) >= 11 is 0. The van der Waals surface area contributed by atoms with Gasteiger partial charge in [-0.15, -0.1) is 0 Å². The number of piperidine rings is 1. The van der Waals surface area contributed by atoms with E-state index in [1.165, 1.54) is 6.08 Å². The van der Waals surface area contributed by atoms with E-state index in [0.717, 1.165) is 24.0 Å². The number of likely N-dealkylation sites (tertiary alicyclic amines) is 1. The Bertz CT molecular complexity index is 1550. The van der Waals surface area contributed by atoms with Crippen LogP contribution in [0.4, 0.5) is 5.69 Å². The van der Waals surface area contributed by atoms with Crippen molar-refractivity contribution in [1.82, 2.24) is 24.6 Å². The lowest BCUT2D eigenvalue weighted by Gasteiger charge is -2.30. The second-order valence-electron chi connectivity index (χ2n) is 9.06. The first-order valence-electron chi connectivity index (χ1n) is 12.2. The van der Waals surface area contributed by atoms with Crippen molar-refractivity contribution >= 4 is 17.5 Å². The third kappa shape index (κ3) is 5.08. The predicted molar refractivity (Wildman–Crippen MR) is 140 cm³/mol. The van der Waals surface area contributed by atoms with E-state index >= 15 is 0 Å². The van der Waals surface area contributed by atoms with Crippen LogP contribution in [-0.4, -0.2) is 49.5 Å². The number of hydrogen-bond donors (Lipinski definition) is 1. The fourth-order valence-corrected chi connectivity index (χ4v) is 4.46. The molecule has 1 atom stereocenters. The standard InChI is InChI=1S/C28H25N7O3/c1-3-25(36)35-13-5-6-19(17-35)28-32-26(33-38-28)18-9-11-21(12-10-18)30-27(37)24-8-4-7-23(31-24)20-14-22(15-29)34(2)16-20/h3-4,7-12,14,16,19H,1,5-6,13,17H2,2H3,(H,30,37)/t19-/m0/s1. The fourth-order valence-electron chi connectivity index (χ4n) is 4.46. The van der Waals surface area contributed by atoms with E-state index in [-0.39, 0.29) is 23.4 Å². The topological polar surface area (TPSA) is 130 Å². The summed E-state index contributed by atoms with van der Waals surface area (Å²) in [7, 11) is 1.79. The van der Waals surface area contributed by atoms with Crippen LogP contribution in [0.5, 0.6) is 0 Å². The van der Waals surface area contributed by atoms with E-state index in [4.69, 9.17) is 4.52 Å². The monoisotopic (exact) mass is 507 g/mol. The first-order valence-corrected chi connectivity index (χ1v) is 12.2. The van der Waals surface area contributed by atoms with Gasteiger partial charge in [-0.3, -0.25) is 9.59 Å². The van der Waals surface area contributed by atoms with Crippen LogP contribution in [0, 0.1) is 11.3 Å². The highest BCUT2D eigenvalue weighted by Gasteiger charge is 2.27. The molecule has 1 aromatic carbocycles. The summed E-state index contributed by atoms with van der Waals surface area (Å²) in [4.78, 5) is 35.6. The maximum Gasteiger partial charge on any atom is 0.274 e. The van der Waals surface area contributed by atoms with Crippen LogP contribution in [0.1, 0.15) is 40.8 Å². The van der Waals surface area contributed by atoms with Crippen molar-refractivity contribution in [1.29, 1.82) is 5.26 Å². The molecule has 1 aliphatic rings. The summed E-state index contributed by atoms with van der Waals surface area (Å²) in [6.07, 6.45) is 4.85. The summed E-state index contributed by atoms with van der Waals surface area (Å²) in [5.41, 5.74) is 3.46. The van der Waals surface area contributed by atoms with E-state index in [0.29, 0.717) is 41.9 Å². The van der Waals surface area contributed by atoms with Crippen molar-refractivity contribution in [3.05, 3.63) is 84.7 Å². The third-order valence-corrected chi connectivity index (χ3v) is 6.50. The zero-order valence-electron chi connectivity index (χ0n) is 20.8. The summed E-state index contributed by atoms with van der Waals surface area (Å²) in [6, 6.07) is 16.2. The third-order valence-electron chi connectivity index (χ3n) is 6.50. The summed E-state index contributed by atoms with van der Waals surface area (Å²) in [6.45, 7) is 4.78. The summed E-state index contributed by atoms with van der Waals surface area (Å²) in [5, 5.41) is 16.2. The molecule has 4 heterocycles. The van der Waals surface area contributed by atoms with E-state index in [1.54, 1.807) is 71.2 Å². The molecule has 1 aliphatic heterocycles. The number of carbonyl (C=O) groups is 2. The Labute approximate surface area is 219 Å². The van der Waals surface area contributed by atoms with Crippen LogP contribution in [0.15, 0.2) is 71.9 Å². The molecule has 0 radical (unpaired) electrons. The average molecular weight is 508 g/mol. The molecule has 0 saturated carbocycles. The highest BCUT2D eigenvalue weighted by atomic mass is 16.5. The first kappa shape index (κ1) is 24.6. The number of nitriles is 1. The van der Waals surface area contributed by atoms with E-state index in [2.05, 4.69) is 33.1 Å². The maximum atomic E-state index is 12.9. The van der Waals surface area contributed by atoms with Crippen LogP contribution >= 0.6 is 0 Å². The van der Waals surface area contributed by atoms with Crippen molar-refractivity contribution in [3.63, 3.8) is 0 Å². The minimum Gasteiger partial charge on any atom is -0.342 e. The molecule has 1 N–H and O–H groups in total. The van der Waals surface area contributed by atoms with Gasteiger partial charge in [0.1, 0.15) is 17.5 Å². The smallest absolute Gasteiger partial charge is 0.274 e. The van der Waals surface area contributed by atoms with Crippen LogP contribution in [0.2, 0.25) is 0 Å². The summed E-state index contributed by atoms with van der Waals surface area (Å²) in [5.74, 6) is 0.485. The number of rotatable bonds is 6. The zero-order chi connectivity index (χ0) is 26.6. The second-order valence-corrected chi connectivity index (χ2v) is 9.06. The van der Waals surface area contributed by atoms with Crippen molar-refractivity contribution in [2.45, 2.75) is 18.8 Å².